The molecule has 0 aromatic heterocycles. The van der Waals surface area contributed by atoms with Crippen LogP contribution in [0.1, 0.15) is 31.4 Å². The fourth-order valence-electron chi connectivity index (χ4n) is 2.54. The molecule has 1 unspecified atom stereocenters. The largest absolute Gasteiger partial charge is 0.489 e. The number of nitrogens with zero attached hydrogens (tertiary/aromatic N) is 2. The molecule has 30 heavy (non-hydrogen) atoms. The molecule has 1 heterocycles. The first-order valence-electron chi connectivity index (χ1n) is 8.82. The lowest BCUT2D eigenvalue weighted by Crippen LogP contribution is -2.11. The zero-order valence-corrected chi connectivity index (χ0v) is 20.9. The first-order valence-corrected chi connectivity index (χ1v) is 11.4. The number of carbonyl (C=O) groups excluding carboxylic acids is 1. The molecule has 0 N–H and O–H groups in total. The summed E-state index contributed by atoms with van der Waals surface area (Å²) in [5, 5.41) is 11.1. The third-order valence-electron chi connectivity index (χ3n) is 4.23. The molecule has 0 radical (unpaired) electrons. The monoisotopic (exact) mass is 652 g/mol. The third kappa shape index (κ3) is 5.11. The van der Waals surface area contributed by atoms with Gasteiger partial charge in [0.1, 0.15) is 10.8 Å². The lowest BCUT2D eigenvalue weighted by molar-refractivity contribution is -0.384. The molecule has 0 spiro atoms. The van der Waals surface area contributed by atoms with Crippen LogP contribution in [0.5, 0.6) is 5.75 Å². The van der Waals surface area contributed by atoms with Crippen molar-refractivity contribution in [2.75, 3.05) is 0 Å². The summed E-state index contributed by atoms with van der Waals surface area (Å²) in [5.74, 6) is 0.166. The number of hydrogen-bond donors (Lipinski definition) is 0. The molecule has 1 atom stereocenters. The fraction of sp³-hybridized carbons (Fsp3) is 0.200. The fourth-order valence-corrected chi connectivity index (χ4v) is 4.79. The maximum atomic E-state index is 12.3. The van der Waals surface area contributed by atoms with Gasteiger partial charge in [-0.15, -0.1) is 0 Å². The number of esters is 1. The molecule has 0 aliphatic carbocycles. The van der Waals surface area contributed by atoms with Crippen molar-refractivity contribution in [2.24, 2.45) is 4.99 Å². The van der Waals surface area contributed by atoms with Crippen molar-refractivity contribution in [1.29, 1.82) is 0 Å². The maximum Gasteiger partial charge on any atom is 0.363 e. The van der Waals surface area contributed by atoms with Gasteiger partial charge in [-0.05, 0) is 94.4 Å². The van der Waals surface area contributed by atoms with E-state index >= 15 is 0 Å². The summed E-state index contributed by atoms with van der Waals surface area (Å²) in [4.78, 5) is 27.0. The van der Waals surface area contributed by atoms with E-state index in [0.29, 0.717) is 5.56 Å². The minimum atomic E-state index is -0.632. The Labute approximate surface area is 204 Å². The van der Waals surface area contributed by atoms with Gasteiger partial charge in [0.2, 0.25) is 5.90 Å². The minimum absolute atomic E-state index is 0.00621. The lowest BCUT2D eigenvalue weighted by Gasteiger charge is -2.16. The summed E-state index contributed by atoms with van der Waals surface area (Å²) in [6.45, 7) is 4.06. The molecule has 2 aromatic carbocycles. The zero-order valence-electron chi connectivity index (χ0n) is 15.8. The smallest absolute Gasteiger partial charge is 0.363 e. The molecular weight excluding hydrogens is 637 g/mol. The highest BCUT2D eigenvalue weighted by Gasteiger charge is 2.26. The Bertz CT molecular complexity index is 1080. The van der Waals surface area contributed by atoms with Crippen LogP contribution < -0.4 is 4.74 Å². The van der Waals surface area contributed by atoms with E-state index in [1.165, 1.54) is 18.2 Å². The van der Waals surface area contributed by atoms with Gasteiger partial charge >= 0.3 is 5.97 Å². The van der Waals surface area contributed by atoms with Crippen molar-refractivity contribution >= 4 is 80.4 Å². The summed E-state index contributed by atoms with van der Waals surface area (Å²) in [6.07, 6.45) is 2.60. The van der Waals surface area contributed by atoms with Gasteiger partial charge in [0.05, 0.1) is 18.2 Å². The average molecular weight is 653 g/mol. The molecule has 0 saturated carbocycles. The van der Waals surface area contributed by atoms with Crippen molar-refractivity contribution in [3.05, 3.63) is 69.4 Å². The number of carbonyl (C=O) groups is 1. The van der Waals surface area contributed by atoms with E-state index in [2.05, 4.69) is 57.1 Å². The molecule has 2 aromatic rings. The number of aliphatic imine (C=N–C) groups is 1. The first kappa shape index (κ1) is 22.9. The van der Waals surface area contributed by atoms with Crippen molar-refractivity contribution in [3.8, 4) is 5.75 Å². The molecule has 0 saturated heterocycles. The molecule has 7 nitrogen and oxygen atoms in total. The Balaban J connectivity index is 1.93. The first-order chi connectivity index (χ1) is 14.2. The van der Waals surface area contributed by atoms with Crippen LogP contribution in [-0.2, 0) is 9.53 Å². The van der Waals surface area contributed by atoms with Crippen molar-refractivity contribution in [3.63, 3.8) is 0 Å². The second-order valence-corrected chi connectivity index (χ2v) is 9.14. The zero-order chi connectivity index (χ0) is 22.0. The van der Waals surface area contributed by atoms with Crippen LogP contribution in [0, 0.1) is 17.3 Å². The van der Waals surface area contributed by atoms with Crippen LogP contribution in [0.3, 0.4) is 0 Å². The summed E-state index contributed by atoms with van der Waals surface area (Å²) in [5.41, 5.74) is 0.875. The van der Waals surface area contributed by atoms with Crippen molar-refractivity contribution in [1.82, 2.24) is 0 Å². The van der Waals surface area contributed by atoms with Gasteiger partial charge in [0, 0.05) is 11.6 Å². The number of nitro groups is 1. The molecule has 0 fully saturated rings. The van der Waals surface area contributed by atoms with E-state index in [4.69, 9.17) is 21.1 Å². The SMILES string of the molecule is CCC(C)Oc1c(I)cc(/C=C2\N=C(c3ccc(Cl)c([N+](=O)[O-])c3)OC2=O)cc1I. The Hall–Kier alpha value is -1.73. The molecule has 3 rings (SSSR count). The van der Waals surface area contributed by atoms with Gasteiger partial charge < -0.3 is 9.47 Å². The van der Waals surface area contributed by atoms with Crippen LogP contribution in [0.25, 0.3) is 6.08 Å². The van der Waals surface area contributed by atoms with Gasteiger partial charge in [-0.1, -0.05) is 18.5 Å². The van der Waals surface area contributed by atoms with Gasteiger partial charge in [-0.2, -0.15) is 0 Å². The van der Waals surface area contributed by atoms with Crippen LogP contribution >= 0.6 is 56.8 Å². The quantitative estimate of drug-likeness (QED) is 0.126. The standard InChI is InChI=1S/C20H15ClI2N2O5/c1-3-10(2)29-18-14(22)6-11(7-15(18)23)8-16-20(26)30-19(24-16)12-4-5-13(21)17(9-12)25(27)28/h4-10H,3H2,1-2H3/b16-8-. The van der Waals surface area contributed by atoms with E-state index in [9.17, 15) is 14.9 Å². The normalized spacial score (nSPS) is 15.7. The van der Waals surface area contributed by atoms with Gasteiger partial charge in [0.25, 0.3) is 5.69 Å². The van der Waals surface area contributed by atoms with E-state index < -0.39 is 10.9 Å². The van der Waals surface area contributed by atoms with Crippen LogP contribution in [0.2, 0.25) is 5.02 Å². The Kier molecular flexibility index (Phi) is 7.34. The van der Waals surface area contributed by atoms with E-state index in [0.717, 1.165) is 24.9 Å². The number of hydrogen-bond acceptors (Lipinski definition) is 6. The number of rotatable bonds is 6. The summed E-state index contributed by atoms with van der Waals surface area (Å²) in [7, 11) is 0. The van der Waals surface area contributed by atoms with Gasteiger partial charge in [-0.25, -0.2) is 9.79 Å². The van der Waals surface area contributed by atoms with Crippen LogP contribution in [0.4, 0.5) is 5.69 Å². The van der Waals surface area contributed by atoms with E-state index in [1.54, 1.807) is 6.08 Å². The second-order valence-electron chi connectivity index (χ2n) is 6.41. The Morgan fingerprint density at radius 3 is 2.57 bits per heavy atom. The minimum Gasteiger partial charge on any atom is -0.489 e. The maximum absolute atomic E-state index is 12.3. The van der Waals surface area contributed by atoms with Crippen LogP contribution in [-0.4, -0.2) is 22.9 Å². The Morgan fingerprint density at radius 2 is 1.97 bits per heavy atom. The lowest BCUT2D eigenvalue weighted by atomic mass is 10.2. The Morgan fingerprint density at radius 1 is 1.30 bits per heavy atom. The number of halogens is 3. The molecule has 0 bridgehead atoms. The topological polar surface area (TPSA) is 91.0 Å². The van der Waals surface area contributed by atoms with Gasteiger partial charge in [-0.3, -0.25) is 10.1 Å². The highest BCUT2D eigenvalue weighted by Crippen LogP contribution is 2.32. The predicted molar refractivity (Wildman–Crippen MR) is 131 cm³/mol. The van der Waals surface area contributed by atoms with E-state index in [-0.39, 0.29) is 28.4 Å². The van der Waals surface area contributed by atoms with Crippen LogP contribution in [0.15, 0.2) is 41.0 Å². The summed E-state index contributed by atoms with van der Waals surface area (Å²) >= 11 is 10.2. The predicted octanol–water partition coefficient (Wildman–Crippen LogP) is 5.98. The number of ether oxygens (including phenoxy) is 2. The average Bonchev–Trinajstić information content (AvgIpc) is 3.05. The third-order valence-corrected chi connectivity index (χ3v) is 6.15. The molecule has 156 valence electrons. The van der Waals surface area contributed by atoms with Crippen molar-refractivity contribution < 1.29 is 19.2 Å². The van der Waals surface area contributed by atoms with Gasteiger partial charge in [0.15, 0.2) is 5.70 Å². The molecular formula is C20H15ClI2N2O5. The van der Waals surface area contributed by atoms with E-state index in [1.807, 2.05) is 19.1 Å². The molecule has 1 aliphatic heterocycles. The molecule has 0 amide bonds. The summed E-state index contributed by atoms with van der Waals surface area (Å²) in [6, 6.07) is 7.89. The highest BCUT2D eigenvalue weighted by molar-refractivity contribution is 14.1. The number of benzene rings is 2. The highest BCUT2D eigenvalue weighted by atomic mass is 127. The number of cyclic esters (lactones) is 1. The summed E-state index contributed by atoms with van der Waals surface area (Å²) < 4.78 is 13.0. The second kappa shape index (κ2) is 9.60. The van der Waals surface area contributed by atoms with Crippen molar-refractivity contribution in [2.45, 2.75) is 26.4 Å². The number of nitro benzene ring substituents is 1. The molecule has 1 aliphatic rings. The molecule has 10 heteroatoms.